The first-order valence-corrected chi connectivity index (χ1v) is 1.70. The zero-order valence-corrected chi connectivity index (χ0v) is 6.25. The number of halogens is 1. The maximum Gasteiger partial charge on any atom is 0.179 e. The first-order valence-electron chi connectivity index (χ1n) is 0.454. The van der Waals surface area contributed by atoms with Crippen molar-refractivity contribution in [2.45, 2.75) is 0 Å². The van der Waals surface area contributed by atoms with E-state index in [4.69, 9.17) is 4.79 Å². The summed E-state index contributed by atoms with van der Waals surface area (Å²) < 4.78 is 0.720. The molecule has 3 heteroatoms. The zero-order chi connectivity index (χ0) is 2.71. The van der Waals surface area contributed by atoms with Crippen LogP contribution in [0.2, 0.25) is 0 Å². The molecule has 0 rings (SSSR count). The smallest absolute Gasteiger partial charge is 0.179 e. The molecule has 0 saturated carbocycles. The van der Waals surface area contributed by atoms with E-state index < -0.39 is 0 Å². The van der Waals surface area contributed by atoms with Crippen molar-refractivity contribution in [2.24, 2.45) is 0 Å². The van der Waals surface area contributed by atoms with Gasteiger partial charge in [0, 0.05) is 20.1 Å². The van der Waals surface area contributed by atoms with Gasteiger partial charge in [-0.15, -0.1) is 0 Å². The summed E-state index contributed by atoms with van der Waals surface area (Å²) in [6.07, 6.45) is 0. The van der Waals surface area contributed by atoms with Crippen molar-refractivity contribution < 1.29 is 24.9 Å². The summed E-state index contributed by atoms with van der Waals surface area (Å²) in [5, 5.41) is 0. The Balaban J connectivity index is 0. The molecule has 27 valence electrons. The normalized spacial score (nSPS) is 3.25. The van der Waals surface area contributed by atoms with Gasteiger partial charge in [0.25, 0.3) is 0 Å². The predicted molar refractivity (Wildman–Crippen MR) is 20.8 cm³/mol. The van der Waals surface area contributed by atoms with Crippen LogP contribution in [0.1, 0.15) is 0 Å². The molecular weight excluding hydrogens is 347 g/mol. The minimum absolute atomic E-state index is 0. The maximum absolute atomic E-state index is 8.79. The van der Waals surface area contributed by atoms with E-state index in [1.165, 1.54) is 0 Å². The van der Waals surface area contributed by atoms with Gasteiger partial charge in [0.05, 0.1) is 0 Å². The van der Waals surface area contributed by atoms with E-state index in [1.807, 2.05) is 0 Å². The average molecular weight is 348 g/mol. The fourth-order valence-electron chi connectivity index (χ4n) is 0. The first kappa shape index (κ1) is 8.90. The molecule has 0 atom stereocenters. The molecular formula is CHIIrO. The van der Waals surface area contributed by atoms with Crippen LogP contribution in [0, 0.1) is 0 Å². The van der Waals surface area contributed by atoms with Gasteiger partial charge in [0.15, 0.2) is 4.29 Å². The van der Waals surface area contributed by atoms with Crippen molar-refractivity contribution in [1.29, 1.82) is 0 Å². The van der Waals surface area contributed by atoms with E-state index in [0.717, 1.165) is 4.29 Å². The molecule has 0 aliphatic carbocycles. The number of carbonyl (C=O) groups is 1. The van der Waals surface area contributed by atoms with Crippen LogP contribution in [0.15, 0.2) is 0 Å². The van der Waals surface area contributed by atoms with Crippen LogP contribution in [0.25, 0.3) is 0 Å². The molecule has 0 amide bonds. The van der Waals surface area contributed by atoms with Crippen molar-refractivity contribution in [3.8, 4) is 0 Å². The van der Waals surface area contributed by atoms with E-state index in [9.17, 15) is 0 Å². The number of carbonyl (C=O) groups excluding carboxylic acids is 1. The summed E-state index contributed by atoms with van der Waals surface area (Å²) in [5.74, 6) is 0. The molecule has 0 unspecified atom stereocenters. The minimum Gasteiger partial charge on any atom is -0.292 e. The van der Waals surface area contributed by atoms with E-state index in [1.54, 1.807) is 22.6 Å². The molecule has 0 saturated heterocycles. The summed E-state index contributed by atoms with van der Waals surface area (Å²) in [6, 6.07) is 0. The summed E-state index contributed by atoms with van der Waals surface area (Å²) in [7, 11) is 0. The minimum atomic E-state index is 0. The average Bonchev–Trinajstić information content (AvgIpc) is 0.918. The van der Waals surface area contributed by atoms with Crippen LogP contribution >= 0.6 is 22.6 Å². The van der Waals surface area contributed by atoms with E-state index in [2.05, 4.69) is 0 Å². The van der Waals surface area contributed by atoms with Gasteiger partial charge in [-0.05, 0) is 22.6 Å². The molecule has 0 heterocycles. The Bertz CT molecular complexity index is 15.5. The molecule has 0 fully saturated rings. The fourth-order valence-corrected chi connectivity index (χ4v) is 0. The van der Waals surface area contributed by atoms with E-state index >= 15 is 0 Å². The van der Waals surface area contributed by atoms with Gasteiger partial charge in [-0.3, -0.25) is 4.79 Å². The standard InChI is InChI=1S/CHIO.Ir/c2-1-3;/h1H;. The predicted octanol–water partition coefficient (Wildman–Crippen LogP) is 0.609. The summed E-state index contributed by atoms with van der Waals surface area (Å²) >= 11 is 1.61. The van der Waals surface area contributed by atoms with Gasteiger partial charge in [-0.2, -0.15) is 0 Å². The summed E-state index contributed by atoms with van der Waals surface area (Å²) in [5.41, 5.74) is 0. The molecule has 0 aliphatic rings. The molecule has 4 heavy (non-hydrogen) atoms. The Morgan fingerprint density at radius 3 is 1.75 bits per heavy atom. The zero-order valence-electron chi connectivity index (χ0n) is 1.70. The fraction of sp³-hybridized carbons (Fsp3) is 0. The van der Waals surface area contributed by atoms with Crippen LogP contribution in [-0.4, -0.2) is 4.29 Å². The third-order valence-electron chi connectivity index (χ3n) is 0. The largest absolute Gasteiger partial charge is 0.292 e. The Morgan fingerprint density at radius 2 is 1.75 bits per heavy atom. The van der Waals surface area contributed by atoms with E-state index in [-0.39, 0.29) is 20.1 Å². The van der Waals surface area contributed by atoms with Crippen LogP contribution in [0.3, 0.4) is 0 Å². The monoisotopic (exact) mass is 349 g/mol. The summed E-state index contributed by atoms with van der Waals surface area (Å²) in [6.45, 7) is 0. The molecule has 1 radical (unpaired) electrons. The van der Waals surface area contributed by atoms with Crippen LogP contribution in [-0.2, 0) is 24.9 Å². The Kier molecular flexibility index (Phi) is 20.0. The molecule has 0 aliphatic heterocycles. The topological polar surface area (TPSA) is 17.1 Å². The molecule has 0 spiro atoms. The maximum atomic E-state index is 8.79. The third-order valence-corrected chi connectivity index (χ3v) is 0. The van der Waals surface area contributed by atoms with Crippen molar-refractivity contribution >= 4 is 26.9 Å². The summed E-state index contributed by atoms with van der Waals surface area (Å²) in [4.78, 5) is 8.79. The van der Waals surface area contributed by atoms with Gasteiger partial charge in [-0.25, -0.2) is 0 Å². The third kappa shape index (κ3) is 11.6. The van der Waals surface area contributed by atoms with Crippen molar-refractivity contribution in [3.05, 3.63) is 0 Å². The first-order chi connectivity index (χ1) is 1.41. The van der Waals surface area contributed by atoms with Crippen molar-refractivity contribution in [2.75, 3.05) is 0 Å². The molecule has 0 aromatic heterocycles. The van der Waals surface area contributed by atoms with Crippen LogP contribution in [0.5, 0.6) is 0 Å². The Morgan fingerprint density at radius 1 is 1.75 bits per heavy atom. The molecule has 0 bridgehead atoms. The molecule has 0 aromatic carbocycles. The Labute approximate surface area is 51.6 Å². The van der Waals surface area contributed by atoms with Gasteiger partial charge >= 0.3 is 0 Å². The van der Waals surface area contributed by atoms with Crippen molar-refractivity contribution in [1.82, 2.24) is 0 Å². The number of hydrogen-bond donors (Lipinski definition) is 0. The second-order valence-electron chi connectivity index (χ2n) is 0.0891. The van der Waals surface area contributed by atoms with Gasteiger partial charge in [0.2, 0.25) is 0 Å². The quantitative estimate of drug-likeness (QED) is 0.356. The molecule has 1 nitrogen and oxygen atoms in total. The molecule has 0 N–H and O–H groups in total. The van der Waals surface area contributed by atoms with Crippen LogP contribution in [0.4, 0.5) is 0 Å². The Hall–Kier alpha value is 1.05. The molecule has 0 aromatic rings. The van der Waals surface area contributed by atoms with Gasteiger partial charge in [0.1, 0.15) is 0 Å². The van der Waals surface area contributed by atoms with Crippen LogP contribution < -0.4 is 0 Å². The second kappa shape index (κ2) is 8.97. The number of hydrogen-bond acceptors (Lipinski definition) is 1. The van der Waals surface area contributed by atoms with E-state index in [0.29, 0.717) is 0 Å². The second-order valence-corrected chi connectivity index (χ2v) is 0.598. The van der Waals surface area contributed by atoms with Crippen molar-refractivity contribution in [3.63, 3.8) is 0 Å². The SMILES string of the molecule is O=CI.[Ir]. The number of rotatable bonds is 0. The van der Waals surface area contributed by atoms with Gasteiger partial charge in [-0.1, -0.05) is 0 Å². The van der Waals surface area contributed by atoms with Gasteiger partial charge < -0.3 is 0 Å².